The molecule has 1 N–H and O–H groups in total. The molecule has 0 fully saturated rings. The second-order valence-electron chi connectivity index (χ2n) is 4.45. The average molecular weight is 241 g/mol. The molecule has 0 aliphatic rings. The van der Waals surface area contributed by atoms with Crippen molar-refractivity contribution in [1.82, 2.24) is 5.32 Å². The lowest BCUT2D eigenvalue weighted by Crippen LogP contribution is -2.23. The Morgan fingerprint density at radius 2 is 1.89 bits per heavy atom. The maximum absolute atomic E-state index is 11.1. The van der Waals surface area contributed by atoms with Crippen LogP contribution in [0.5, 0.6) is 0 Å². The summed E-state index contributed by atoms with van der Waals surface area (Å²) in [5.74, 6) is 0.132. The minimum atomic E-state index is 0.132. The van der Waals surface area contributed by atoms with Gasteiger partial charge in [0.1, 0.15) is 0 Å². The van der Waals surface area contributed by atoms with Gasteiger partial charge in [-0.2, -0.15) is 0 Å². The van der Waals surface area contributed by atoms with Crippen molar-refractivity contribution < 1.29 is 4.79 Å². The van der Waals surface area contributed by atoms with Crippen LogP contribution in [0.25, 0.3) is 10.8 Å². The summed E-state index contributed by atoms with van der Waals surface area (Å²) in [5.41, 5.74) is 1.36. The molecule has 0 saturated carbocycles. The molecule has 2 aromatic carbocycles. The average Bonchev–Trinajstić information content (AvgIpc) is 2.43. The lowest BCUT2D eigenvalue weighted by molar-refractivity contribution is -0.120. The number of benzene rings is 2. The van der Waals surface area contributed by atoms with Crippen LogP contribution in [0.1, 0.15) is 25.3 Å². The summed E-state index contributed by atoms with van der Waals surface area (Å²) in [4.78, 5) is 11.1. The van der Waals surface area contributed by atoms with E-state index in [0.29, 0.717) is 6.42 Å². The van der Waals surface area contributed by atoms with Crippen LogP contribution in [-0.2, 0) is 11.2 Å². The summed E-state index contributed by atoms with van der Waals surface area (Å²) in [6.07, 6.45) is 2.55. The zero-order valence-electron chi connectivity index (χ0n) is 10.8. The number of fused-ring (bicyclic) bond motifs is 1. The zero-order chi connectivity index (χ0) is 12.8. The number of nitrogens with one attached hydrogen (secondary N) is 1. The van der Waals surface area contributed by atoms with Crippen molar-refractivity contribution in [3.63, 3.8) is 0 Å². The van der Waals surface area contributed by atoms with E-state index in [1.165, 1.54) is 16.3 Å². The van der Waals surface area contributed by atoms with Crippen LogP contribution >= 0.6 is 0 Å². The summed E-state index contributed by atoms with van der Waals surface area (Å²) in [6.45, 7) is 2.63. The van der Waals surface area contributed by atoms with E-state index in [1.54, 1.807) is 0 Å². The highest BCUT2D eigenvalue weighted by atomic mass is 16.1. The zero-order valence-corrected chi connectivity index (χ0v) is 10.8. The van der Waals surface area contributed by atoms with Crippen molar-refractivity contribution in [2.24, 2.45) is 0 Å². The van der Waals surface area contributed by atoms with Crippen LogP contribution in [-0.4, -0.2) is 12.5 Å². The predicted octanol–water partition coefficient (Wildman–Crippen LogP) is 3.30. The Morgan fingerprint density at radius 1 is 1.11 bits per heavy atom. The summed E-state index contributed by atoms with van der Waals surface area (Å²) < 4.78 is 0. The fourth-order valence-electron chi connectivity index (χ4n) is 2.14. The number of rotatable bonds is 5. The lowest BCUT2D eigenvalue weighted by atomic mass is 10.0. The fourth-order valence-corrected chi connectivity index (χ4v) is 2.14. The molecule has 0 spiro atoms. The Balaban J connectivity index is 1.97. The first kappa shape index (κ1) is 12.6. The van der Waals surface area contributed by atoms with E-state index < -0.39 is 0 Å². The largest absolute Gasteiger partial charge is 0.356 e. The molecule has 2 rings (SSSR count). The van der Waals surface area contributed by atoms with Gasteiger partial charge in [-0.25, -0.2) is 0 Å². The maximum Gasteiger partial charge on any atom is 0.219 e. The van der Waals surface area contributed by atoms with E-state index in [1.807, 2.05) is 6.92 Å². The van der Waals surface area contributed by atoms with Gasteiger partial charge in [0.15, 0.2) is 0 Å². The molecule has 1 amide bonds. The van der Waals surface area contributed by atoms with Crippen molar-refractivity contribution in [2.45, 2.75) is 26.2 Å². The van der Waals surface area contributed by atoms with Gasteiger partial charge in [0.2, 0.25) is 5.91 Å². The number of carbonyl (C=O) groups excluding carboxylic acids is 1. The molecule has 0 unspecified atom stereocenters. The number of amides is 1. The summed E-state index contributed by atoms with van der Waals surface area (Å²) in [6, 6.07) is 14.8. The van der Waals surface area contributed by atoms with Crippen LogP contribution in [0.3, 0.4) is 0 Å². The number of carbonyl (C=O) groups is 1. The van der Waals surface area contributed by atoms with Gasteiger partial charge in [0, 0.05) is 13.0 Å². The standard InChI is InChI=1S/C16H19NO/c1-2-16(18)17-12-6-10-14-9-5-8-13-7-3-4-11-15(13)14/h3-5,7-9,11H,2,6,10,12H2,1H3,(H,17,18). The molecule has 2 heteroatoms. The minimum Gasteiger partial charge on any atom is -0.356 e. The van der Waals surface area contributed by atoms with E-state index in [9.17, 15) is 4.79 Å². The second kappa shape index (κ2) is 6.20. The van der Waals surface area contributed by atoms with Crippen molar-refractivity contribution in [2.75, 3.05) is 6.54 Å². The molecule has 18 heavy (non-hydrogen) atoms. The SMILES string of the molecule is CCC(=O)NCCCc1cccc2ccccc12. The topological polar surface area (TPSA) is 29.1 Å². The highest BCUT2D eigenvalue weighted by Gasteiger charge is 2.00. The van der Waals surface area contributed by atoms with Gasteiger partial charge < -0.3 is 5.32 Å². The normalized spacial score (nSPS) is 10.5. The first-order valence-corrected chi connectivity index (χ1v) is 6.54. The number of hydrogen-bond acceptors (Lipinski definition) is 1. The van der Waals surface area contributed by atoms with Gasteiger partial charge >= 0.3 is 0 Å². The first-order chi connectivity index (χ1) is 8.81. The highest BCUT2D eigenvalue weighted by molar-refractivity contribution is 5.85. The Hall–Kier alpha value is -1.83. The molecular formula is C16H19NO. The van der Waals surface area contributed by atoms with Gasteiger partial charge in [-0.15, -0.1) is 0 Å². The third kappa shape index (κ3) is 3.10. The number of hydrogen-bond donors (Lipinski definition) is 1. The van der Waals surface area contributed by atoms with E-state index in [0.717, 1.165) is 19.4 Å². The molecule has 94 valence electrons. The smallest absolute Gasteiger partial charge is 0.219 e. The second-order valence-corrected chi connectivity index (χ2v) is 4.45. The summed E-state index contributed by atoms with van der Waals surface area (Å²) >= 11 is 0. The van der Waals surface area contributed by atoms with Gasteiger partial charge in [-0.3, -0.25) is 4.79 Å². The van der Waals surface area contributed by atoms with E-state index >= 15 is 0 Å². The fraction of sp³-hybridized carbons (Fsp3) is 0.312. The van der Waals surface area contributed by atoms with Gasteiger partial charge in [-0.1, -0.05) is 49.4 Å². The molecule has 2 nitrogen and oxygen atoms in total. The molecule has 0 atom stereocenters. The lowest BCUT2D eigenvalue weighted by Gasteiger charge is -2.07. The van der Waals surface area contributed by atoms with Crippen molar-refractivity contribution in [3.8, 4) is 0 Å². The molecule has 0 aliphatic carbocycles. The third-order valence-corrected chi connectivity index (χ3v) is 3.15. The van der Waals surface area contributed by atoms with Crippen LogP contribution in [0, 0.1) is 0 Å². The molecule has 0 heterocycles. The van der Waals surface area contributed by atoms with Gasteiger partial charge in [0.05, 0.1) is 0 Å². The molecule has 0 aliphatic heterocycles. The van der Waals surface area contributed by atoms with E-state index in [-0.39, 0.29) is 5.91 Å². The quantitative estimate of drug-likeness (QED) is 0.799. The third-order valence-electron chi connectivity index (χ3n) is 3.15. The molecule has 2 aromatic rings. The predicted molar refractivity (Wildman–Crippen MR) is 75.6 cm³/mol. The maximum atomic E-state index is 11.1. The van der Waals surface area contributed by atoms with E-state index in [4.69, 9.17) is 0 Å². The van der Waals surface area contributed by atoms with Crippen LogP contribution in [0.2, 0.25) is 0 Å². The van der Waals surface area contributed by atoms with Crippen molar-refractivity contribution >= 4 is 16.7 Å². The monoisotopic (exact) mass is 241 g/mol. The summed E-state index contributed by atoms with van der Waals surface area (Å²) in [5, 5.41) is 5.52. The van der Waals surface area contributed by atoms with Crippen molar-refractivity contribution in [3.05, 3.63) is 48.0 Å². The van der Waals surface area contributed by atoms with E-state index in [2.05, 4.69) is 47.8 Å². The molecule has 0 bridgehead atoms. The van der Waals surface area contributed by atoms with Crippen LogP contribution in [0.15, 0.2) is 42.5 Å². The Bertz CT molecular complexity index is 528. The molecule has 0 aromatic heterocycles. The number of aryl methyl sites for hydroxylation is 1. The van der Waals surface area contributed by atoms with Gasteiger partial charge in [-0.05, 0) is 29.2 Å². The first-order valence-electron chi connectivity index (χ1n) is 6.54. The summed E-state index contributed by atoms with van der Waals surface area (Å²) in [7, 11) is 0. The Labute approximate surface area is 108 Å². The van der Waals surface area contributed by atoms with Crippen LogP contribution in [0.4, 0.5) is 0 Å². The minimum absolute atomic E-state index is 0.132. The van der Waals surface area contributed by atoms with Gasteiger partial charge in [0.25, 0.3) is 0 Å². The highest BCUT2D eigenvalue weighted by Crippen LogP contribution is 2.19. The van der Waals surface area contributed by atoms with Crippen molar-refractivity contribution in [1.29, 1.82) is 0 Å². The van der Waals surface area contributed by atoms with Crippen LogP contribution < -0.4 is 5.32 Å². The molecule has 0 radical (unpaired) electrons. The Morgan fingerprint density at radius 3 is 2.72 bits per heavy atom. The molecular weight excluding hydrogens is 222 g/mol. The Kier molecular flexibility index (Phi) is 4.35. The molecule has 0 saturated heterocycles.